The molecule has 35 heavy (non-hydrogen) atoms. The van der Waals surface area contributed by atoms with Crippen LogP contribution in [0.4, 0.5) is 17.5 Å². The molecular weight excluding hydrogens is 444 g/mol. The fraction of sp³-hybridized carbons (Fsp3) is 0.200. The molecule has 10 nitrogen and oxygen atoms in total. The molecule has 10 heteroatoms. The van der Waals surface area contributed by atoms with Gasteiger partial charge in [0.15, 0.2) is 5.52 Å². The van der Waals surface area contributed by atoms with Crippen LogP contribution in [0.25, 0.3) is 33.1 Å². The third-order valence-corrected chi connectivity index (χ3v) is 6.13. The first-order valence-corrected chi connectivity index (χ1v) is 11.3. The average molecular weight is 468 g/mol. The van der Waals surface area contributed by atoms with Crippen LogP contribution in [0, 0.1) is 0 Å². The minimum absolute atomic E-state index is 0.174. The van der Waals surface area contributed by atoms with E-state index in [0.29, 0.717) is 42.4 Å². The summed E-state index contributed by atoms with van der Waals surface area (Å²) >= 11 is 0. The molecule has 0 saturated heterocycles. The molecule has 0 radical (unpaired) electrons. The molecule has 174 valence electrons. The fourth-order valence-electron chi connectivity index (χ4n) is 4.32. The smallest absolute Gasteiger partial charge is 0.371 e. The van der Waals surface area contributed by atoms with Crippen LogP contribution in [0.5, 0.6) is 0 Å². The SMILES string of the molecule is Cn1ccc(-c2ccc3c(c2)c2nc([N+]4=CCOCC4)nc(Nc4ccncc4)c2c(=O)n3C)n1. The van der Waals surface area contributed by atoms with Crippen LogP contribution in [0.1, 0.15) is 0 Å². The number of rotatable bonds is 4. The number of pyridine rings is 2. The quantitative estimate of drug-likeness (QED) is 0.320. The molecule has 1 N–H and O–H groups in total. The highest BCUT2D eigenvalue weighted by molar-refractivity contribution is 6.08. The van der Waals surface area contributed by atoms with Crippen LogP contribution in [0.3, 0.4) is 0 Å². The van der Waals surface area contributed by atoms with E-state index < -0.39 is 0 Å². The van der Waals surface area contributed by atoms with Crippen LogP contribution < -0.4 is 10.9 Å². The number of fused-ring (bicyclic) bond motifs is 3. The Bertz CT molecular complexity index is 1670. The normalized spacial score (nSPS) is 13.8. The second kappa shape index (κ2) is 8.41. The predicted octanol–water partition coefficient (Wildman–Crippen LogP) is 2.77. The van der Waals surface area contributed by atoms with Crippen LogP contribution in [0.2, 0.25) is 0 Å². The number of nitrogens with zero attached hydrogens (tertiary/aromatic N) is 7. The molecule has 4 aromatic heterocycles. The summed E-state index contributed by atoms with van der Waals surface area (Å²) in [5.74, 6) is 0.956. The Labute approximate surface area is 200 Å². The number of hydrogen-bond donors (Lipinski definition) is 1. The molecule has 1 aliphatic rings. The van der Waals surface area contributed by atoms with E-state index in [1.165, 1.54) is 0 Å². The summed E-state index contributed by atoms with van der Waals surface area (Å²) < 4.78 is 10.8. The van der Waals surface area contributed by atoms with Gasteiger partial charge in [-0.05, 0) is 35.3 Å². The highest BCUT2D eigenvalue weighted by atomic mass is 16.5. The van der Waals surface area contributed by atoms with E-state index in [1.54, 1.807) is 28.7 Å². The van der Waals surface area contributed by atoms with E-state index in [2.05, 4.69) is 15.4 Å². The van der Waals surface area contributed by atoms with Gasteiger partial charge in [-0.2, -0.15) is 5.10 Å². The van der Waals surface area contributed by atoms with Crippen molar-refractivity contribution >= 4 is 45.5 Å². The largest absolute Gasteiger partial charge is 0.435 e. The van der Waals surface area contributed by atoms with E-state index in [0.717, 1.165) is 27.8 Å². The molecule has 0 aliphatic carbocycles. The molecule has 1 aromatic carbocycles. The van der Waals surface area contributed by atoms with Gasteiger partial charge < -0.3 is 14.6 Å². The van der Waals surface area contributed by atoms with Crippen molar-refractivity contribution in [3.63, 3.8) is 0 Å². The summed E-state index contributed by atoms with van der Waals surface area (Å²) in [6, 6.07) is 11.6. The molecule has 1 aliphatic heterocycles. The number of hydrogen-bond acceptors (Lipinski definition) is 7. The maximum Gasteiger partial charge on any atom is 0.435 e. The maximum atomic E-state index is 13.6. The number of aromatic nitrogens is 6. The van der Waals surface area contributed by atoms with Crippen molar-refractivity contribution in [2.75, 3.05) is 25.1 Å². The Morgan fingerprint density at radius 3 is 2.69 bits per heavy atom. The van der Waals surface area contributed by atoms with Crippen molar-refractivity contribution in [1.82, 2.24) is 29.3 Å². The summed E-state index contributed by atoms with van der Waals surface area (Å²) in [4.78, 5) is 27.3. The topological polar surface area (TPSA) is 103 Å². The lowest BCUT2D eigenvalue weighted by atomic mass is 10.1. The van der Waals surface area contributed by atoms with Gasteiger partial charge in [0.2, 0.25) is 5.82 Å². The molecule has 5 heterocycles. The molecule has 0 unspecified atom stereocenters. The molecule has 5 aromatic rings. The van der Waals surface area contributed by atoms with Crippen LogP contribution in [-0.2, 0) is 18.8 Å². The lowest BCUT2D eigenvalue weighted by Crippen LogP contribution is -2.25. The summed E-state index contributed by atoms with van der Waals surface area (Å²) in [6.45, 7) is 1.68. The Morgan fingerprint density at radius 1 is 1.09 bits per heavy atom. The van der Waals surface area contributed by atoms with Crippen molar-refractivity contribution in [2.24, 2.45) is 14.1 Å². The molecule has 0 amide bonds. The fourth-order valence-corrected chi connectivity index (χ4v) is 4.32. The van der Waals surface area contributed by atoms with Crippen molar-refractivity contribution in [1.29, 1.82) is 0 Å². The van der Waals surface area contributed by atoms with Crippen molar-refractivity contribution < 1.29 is 9.31 Å². The Kier molecular flexibility index (Phi) is 5.07. The summed E-state index contributed by atoms with van der Waals surface area (Å²) in [5, 5.41) is 9.13. The Morgan fingerprint density at radius 2 is 1.94 bits per heavy atom. The van der Waals surface area contributed by atoms with Crippen LogP contribution in [-0.4, -0.2) is 59.8 Å². The van der Waals surface area contributed by atoms with E-state index in [9.17, 15) is 4.79 Å². The average Bonchev–Trinajstić information content (AvgIpc) is 3.34. The van der Waals surface area contributed by atoms with Crippen molar-refractivity contribution in [3.8, 4) is 11.3 Å². The number of benzene rings is 1. The van der Waals surface area contributed by atoms with Crippen LogP contribution >= 0.6 is 0 Å². The van der Waals surface area contributed by atoms with Crippen molar-refractivity contribution in [3.05, 3.63) is 65.3 Å². The Balaban J connectivity index is 1.67. The van der Waals surface area contributed by atoms with E-state index >= 15 is 0 Å². The molecule has 0 bridgehead atoms. The first-order chi connectivity index (χ1) is 17.1. The zero-order valence-corrected chi connectivity index (χ0v) is 19.3. The van der Waals surface area contributed by atoms with E-state index in [4.69, 9.17) is 14.7 Å². The molecule has 0 atom stereocenters. The van der Waals surface area contributed by atoms with Gasteiger partial charge in [-0.3, -0.25) is 14.5 Å². The van der Waals surface area contributed by atoms with Gasteiger partial charge in [-0.25, -0.2) is 4.58 Å². The molecule has 0 saturated carbocycles. The van der Waals surface area contributed by atoms with E-state index in [-0.39, 0.29) is 5.56 Å². The lowest BCUT2D eigenvalue weighted by Gasteiger charge is -2.13. The number of anilines is 2. The second-order valence-corrected chi connectivity index (χ2v) is 8.38. The summed E-state index contributed by atoms with van der Waals surface area (Å²) in [7, 11) is 3.66. The first-order valence-electron chi connectivity index (χ1n) is 11.3. The molecule has 0 spiro atoms. The van der Waals surface area contributed by atoms with Gasteiger partial charge in [0, 0.05) is 49.3 Å². The highest BCUT2D eigenvalue weighted by Crippen LogP contribution is 2.31. The number of ether oxygens (including phenoxy) is 1. The third-order valence-electron chi connectivity index (χ3n) is 6.13. The summed E-state index contributed by atoms with van der Waals surface area (Å²) in [5.41, 5.74) is 3.77. The molecular formula is C25H23N8O2+. The zero-order valence-electron chi connectivity index (χ0n) is 19.3. The maximum absolute atomic E-state index is 13.6. The van der Waals surface area contributed by atoms with Gasteiger partial charge in [-0.1, -0.05) is 11.1 Å². The van der Waals surface area contributed by atoms with Gasteiger partial charge >= 0.3 is 5.95 Å². The minimum Gasteiger partial charge on any atom is -0.371 e. The number of aryl methyl sites for hydroxylation is 2. The van der Waals surface area contributed by atoms with Gasteiger partial charge in [0.25, 0.3) is 5.56 Å². The first kappa shape index (κ1) is 21.1. The van der Waals surface area contributed by atoms with Gasteiger partial charge in [-0.15, -0.1) is 0 Å². The predicted molar refractivity (Wildman–Crippen MR) is 134 cm³/mol. The van der Waals surface area contributed by atoms with Crippen molar-refractivity contribution in [2.45, 2.75) is 0 Å². The van der Waals surface area contributed by atoms with Gasteiger partial charge in [0.05, 0.1) is 37.2 Å². The van der Waals surface area contributed by atoms with E-state index in [1.807, 2.05) is 60.4 Å². The van der Waals surface area contributed by atoms with Gasteiger partial charge in [0.1, 0.15) is 5.39 Å². The second-order valence-electron chi connectivity index (χ2n) is 8.38. The van der Waals surface area contributed by atoms with Crippen LogP contribution in [0.15, 0.2) is 59.8 Å². The minimum atomic E-state index is -0.174. The zero-order chi connectivity index (χ0) is 23.9. The highest BCUT2D eigenvalue weighted by Gasteiger charge is 2.26. The molecule has 0 fully saturated rings. The standard InChI is InChI=1S/C25H22N8O2/c1-31-10-7-19(30-31)16-3-4-20-18(15-16)22-21(24(34)32(20)2)23(27-17-5-8-26-9-6-17)29-25(28-22)33-11-13-35-14-12-33/h3-11,15H,12-14H2,1-2H3/p+1. The molecule has 6 rings (SSSR count). The monoisotopic (exact) mass is 467 g/mol. The lowest BCUT2D eigenvalue weighted by molar-refractivity contribution is -0.457. The third kappa shape index (κ3) is 3.73. The summed E-state index contributed by atoms with van der Waals surface area (Å²) in [6.07, 6.45) is 7.21. The number of nitrogens with one attached hydrogen (secondary N) is 1. The Hall–Kier alpha value is -4.44.